The van der Waals surface area contributed by atoms with Crippen LogP contribution in [0.1, 0.15) is 12.0 Å². The molecular weight excluding hydrogens is 248 g/mol. The Kier molecular flexibility index (Phi) is 2.86. The molecule has 0 spiro atoms. The molecular formula is C13H16N2O2S. The molecule has 1 saturated heterocycles. The van der Waals surface area contributed by atoms with Gasteiger partial charge in [0.2, 0.25) is 5.91 Å². The highest BCUT2D eigenvalue weighted by Crippen LogP contribution is 2.33. The third kappa shape index (κ3) is 2.03. The molecule has 1 N–H and O–H groups in total. The Morgan fingerprint density at radius 3 is 3.11 bits per heavy atom. The van der Waals surface area contributed by atoms with Gasteiger partial charge in [-0.15, -0.1) is 0 Å². The summed E-state index contributed by atoms with van der Waals surface area (Å²) in [7, 11) is -0.784. The Labute approximate surface area is 109 Å². The van der Waals surface area contributed by atoms with E-state index in [1.165, 1.54) is 0 Å². The Morgan fingerprint density at radius 1 is 1.44 bits per heavy atom. The maximum absolute atomic E-state index is 11.9. The molecule has 18 heavy (non-hydrogen) atoms. The predicted octanol–water partition coefficient (Wildman–Crippen LogP) is 1.27. The molecule has 2 aliphatic heterocycles. The molecule has 3 rings (SSSR count). The van der Waals surface area contributed by atoms with Gasteiger partial charge in [0.1, 0.15) is 0 Å². The second kappa shape index (κ2) is 4.39. The van der Waals surface area contributed by atoms with Crippen molar-refractivity contribution in [3.05, 3.63) is 23.8 Å². The number of hydrogen-bond donors (Lipinski definition) is 1. The van der Waals surface area contributed by atoms with Gasteiger partial charge in [0.05, 0.1) is 11.4 Å². The zero-order valence-corrected chi connectivity index (χ0v) is 11.1. The summed E-state index contributed by atoms with van der Waals surface area (Å²) in [6.45, 7) is 2.78. The molecule has 5 heteroatoms. The van der Waals surface area contributed by atoms with Crippen LogP contribution in [0.5, 0.6) is 0 Å². The number of fused-ring (bicyclic) bond motifs is 3. The Morgan fingerprint density at radius 2 is 2.28 bits per heavy atom. The number of carbonyl (C=O) groups is 1. The van der Waals surface area contributed by atoms with Gasteiger partial charge in [-0.1, -0.05) is 6.07 Å². The van der Waals surface area contributed by atoms with Crippen molar-refractivity contribution in [3.63, 3.8) is 0 Å². The lowest BCUT2D eigenvalue weighted by molar-refractivity contribution is -0.116. The number of amides is 1. The van der Waals surface area contributed by atoms with E-state index < -0.39 is 10.8 Å². The number of anilines is 2. The van der Waals surface area contributed by atoms with Crippen molar-refractivity contribution in [3.8, 4) is 0 Å². The van der Waals surface area contributed by atoms with Crippen molar-refractivity contribution in [1.29, 1.82) is 0 Å². The zero-order chi connectivity index (χ0) is 12.7. The van der Waals surface area contributed by atoms with Gasteiger partial charge in [0.15, 0.2) is 0 Å². The largest absolute Gasteiger partial charge is 0.365 e. The van der Waals surface area contributed by atoms with Crippen LogP contribution in [-0.4, -0.2) is 34.2 Å². The number of rotatable bonds is 0. The van der Waals surface area contributed by atoms with Gasteiger partial charge in [-0.2, -0.15) is 0 Å². The maximum Gasteiger partial charge on any atom is 0.226 e. The van der Waals surface area contributed by atoms with Crippen molar-refractivity contribution >= 4 is 28.1 Å². The highest BCUT2D eigenvalue weighted by molar-refractivity contribution is 7.85. The van der Waals surface area contributed by atoms with Crippen LogP contribution in [0.25, 0.3) is 0 Å². The van der Waals surface area contributed by atoms with E-state index >= 15 is 0 Å². The summed E-state index contributed by atoms with van der Waals surface area (Å²) >= 11 is 0. The lowest BCUT2D eigenvalue weighted by Gasteiger charge is -2.35. The van der Waals surface area contributed by atoms with Crippen molar-refractivity contribution < 1.29 is 9.00 Å². The van der Waals surface area contributed by atoms with E-state index in [0.29, 0.717) is 17.9 Å². The zero-order valence-electron chi connectivity index (χ0n) is 10.3. The van der Waals surface area contributed by atoms with Crippen LogP contribution in [0.3, 0.4) is 0 Å². The molecule has 1 aromatic rings. The first-order chi connectivity index (χ1) is 8.63. The number of nitrogens with one attached hydrogen (secondary N) is 1. The smallest absolute Gasteiger partial charge is 0.226 e. The molecule has 4 nitrogen and oxygen atoms in total. The van der Waals surface area contributed by atoms with Crippen molar-refractivity contribution in [2.24, 2.45) is 0 Å². The van der Waals surface area contributed by atoms with Gasteiger partial charge in [0, 0.05) is 41.3 Å². The summed E-state index contributed by atoms with van der Waals surface area (Å²) in [6, 6.07) is 6.18. The summed E-state index contributed by atoms with van der Waals surface area (Å²) in [6.07, 6.45) is 0.430. The maximum atomic E-state index is 11.9. The molecule has 0 radical (unpaired) electrons. The van der Waals surface area contributed by atoms with E-state index in [1.807, 2.05) is 13.0 Å². The lowest BCUT2D eigenvalue weighted by Crippen LogP contribution is -2.47. The average molecular weight is 264 g/mol. The van der Waals surface area contributed by atoms with E-state index in [2.05, 4.69) is 22.3 Å². The summed E-state index contributed by atoms with van der Waals surface area (Å²) < 4.78 is 11.7. The minimum atomic E-state index is -0.784. The molecule has 0 bridgehead atoms. The molecule has 1 fully saturated rings. The minimum Gasteiger partial charge on any atom is -0.365 e. The van der Waals surface area contributed by atoms with Crippen LogP contribution in [0, 0.1) is 6.92 Å². The van der Waals surface area contributed by atoms with Gasteiger partial charge in [-0.05, 0) is 24.6 Å². The Balaban J connectivity index is 2.04. The fourth-order valence-electron chi connectivity index (χ4n) is 2.67. The second-order valence-corrected chi connectivity index (χ2v) is 6.55. The highest BCUT2D eigenvalue weighted by Gasteiger charge is 2.32. The van der Waals surface area contributed by atoms with E-state index in [-0.39, 0.29) is 11.9 Å². The summed E-state index contributed by atoms with van der Waals surface area (Å²) in [5.74, 6) is 1.31. The number of aryl methyl sites for hydroxylation is 1. The number of benzene rings is 1. The number of carbonyl (C=O) groups excluding carboxylic acids is 1. The first-order valence-corrected chi connectivity index (χ1v) is 7.64. The number of hydrogen-bond acceptors (Lipinski definition) is 3. The van der Waals surface area contributed by atoms with Crippen LogP contribution in [0.2, 0.25) is 0 Å². The summed E-state index contributed by atoms with van der Waals surface area (Å²) in [5.41, 5.74) is 3.08. The SMILES string of the molecule is Cc1ccc2c(c1)NC(=O)CC1CS(=O)CCN21. The van der Waals surface area contributed by atoms with E-state index in [9.17, 15) is 9.00 Å². The molecule has 0 aliphatic carbocycles. The topological polar surface area (TPSA) is 49.4 Å². The van der Waals surface area contributed by atoms with Crippen LogP contribution in [0.15, 0.2) is 18.2 Å². The molecule has 2 atom stereocenters. The van der Waals surface area contributed by atoms with Crippen LogP contribution in [-0.2, 0) is 15.6 Å². The monoisotopic (exact) mass is 264 g/mol. The molecule has 1 aromatic carbocycles. The Bertz CT molecular complexity index is 530. The second-order valence-electron chi connectivity index (χ2n) is 4.93. The first-order valence-electron chi connectivity index (χ1n) is 6.15. The predicted molar refractivity (Wildman–Crippen MR) is 73.4 cm³/mol. The molecule has 1 amide bonds. The average Bonchev–Trinajstić information content (AvgIpc) is 2.42. The molecule has 2 aliphatic rings. The Hall–Kier alpha value is -1.36. The quantitative estimate of drug-likeness (QED) is 0.768. The van der Waals surface area contributed by atoms with Crippen molar-refractivity contribution in [1.82, 2.24) is 0 Å². The minimum absolute atomic E-state index is 0.0215. The van der Waals surface area contributed by atoms with E-state index in [1.54, 1.807) is 0 Å². The van der Waals surface area contributed by atoms with Crippen LogP contribution in [0.4, 0.5) is 11.4 Å². The standard InChI is InChI=1S/C13H16N2O2S/c1-9-2-3-12-11(6-9)14-13(16)7-10-8-18(17)5-4-15(10)12/h2-3,6,10H,4-5,7-8H2,1H3,(H,14,16). The molecule has 2 unspecified atom stereocenters. The third-order valence-electron chi connectivity index (χ3n) is 3.54. The van der Waals surface area contributed by atoms with Gasteiger partial charge in [-0.25, -0.2) is 0 Å². The van der Waals surface area contributed by atoms with E-state index in [0.717, 1.165) is 23.5 Å². The summed E-state index contributed by atoms with van der Waals surface area (Å²) in [5, 5.41) is 2.95. The van der Waals surface area contributed by atoms with Crippen molar-refractivity contribution in [2.45, 2.75) is 19.4 Å². The van der Waals surface area contributed by atoms with Gasteiger partial charge >= 0.3 is 0 Å². The first kappa shape index (κ1) is 11.7. The van der Waals surface area contributed by atoms with Crippen molar-refractivity contribution in [2.75, 3.05) is 28.3 Å². The fourth-order valence-corrected chi connectivity index (χ4v) is 3.97. The lowest BCUT2D eigenvalue weighted by atomic mass is 10.1. The molecule has 0 saturated carbocycles. The highest BCUT2D eigenvalue weighted by atomic mass is 32.2. The molecule has 2 heterocycles. The van der Waals surface area contributed by atoms with E-state index in [4.69, 9.17) is 0 Å². The normalized spacial score (nSPS) is 26.9. The summed E-state index contributed by atoms with van der Waals surface area (Å²) in [4.78, 5) is 14.1. The van der Waals surface area contributed by atoms with Gasteiger partial charge < -0.3 is 10.2 Å². The van der Waals surface area contributed by atoms with Gasteiger partial charge in [0.25, 0.3) is 0 Å². The molecule has 0 aromatic heterocycles. The van der Waals surface area contributed by atoms with Crippen LogP contribution < -0.4 is 10.2 Å². The number of nitrogens with zero attached hydrogens (tertiary/aromatic N) is 1. The van der Waals surface area contributed by atoms with Crippen LogP contribution >= 0.6 is 0 Å². The third-order valence-corrected chi connectivity index (χ3v) is 4.93. The molecule has 96 valence electrons. The fraction of sp³-hybridized carbons (Fsp3) is 0.462. The van der Waals surface area contributed by atoms with Gasteiger partial charge in [-0.3, -0.25) is 9.00 Å².